The number of ether oxygens (including phenoxy) is 1. The summed E-state index contributed by atoms with van der Waals surface area (Å²) < 4.78 is 4.68. The van der Waals surface area contributed by atoms with E-state index in [1.807, 2.05) is 0 Å². The van der Waals surface area contributed by atoms with Crippen LogP contribution >= 0.6 is 0 Å². The summed E-state index contributed by atoms with van der Waals surface area (Å²) in [4.78, 5) is 25.5. The molecule has 0 aliphatic rings. The largest absolute Gasteiger partial charge is 0.478 e. The molecule has 0 saturated heterocycles. The highest BCUT2D eigenvalue weighted by Gasteiger charge is 2.06. The summed E-state index contributed by atoms with van der Waals surface area (Å²) in [6, 6.07) is 1.33. The van der Waals surface area contributed by atoms with Crippen molar-refractivity contribution in [2.75, 3.05) is 12.3 Å². The molecule has 6 nitrogen and oxygen atoms in total. The highest BCUT2D eigenvalue weighted by Crippen LogP contribution is 2.12. The Kier molecular flexibility index (Phi) is 4.21. The van der Waals surface area contributed by atoms with Crippen LogP contribution in [0.3, 0.4) is 0 Å². The minimum atomic E-state index is -1.11. The van der Waals surface area contributed by atoms with E-state index in [1.54, 1.807) is 6.92 Å². The molecule has 0 fully saturated rings. The standard InChI is InChI=1S/C11H12N2O4/c1-2-17-9(14)4-3-7-5-8(11(15)16)6-13-10(7)12/h3-6H,2H2,1H3,(H2,12,13)(H,15,16). The Balaban J connectivity index is 2.93. The number of anilines is 1. The number of esters is 1. The summed E-state index contributed by atoms with van der Waals surface area (Å²) in [5.74, 6) is -1.48. The normalized spacial score (nSPS) is 10.4. The van der Waals surface area contributed by atoms with E-state index in [-0.39, 0.29) is 18.0 Å². The lowest BCUT2D eigenvalue weighted by molar-refractivity contribution is -0.137. The number of aromatic carboxylic acids is 1. The van der Waals surface area contributed by atoms with E-state index in [4.69, 9.17) is 10.8 Å². The summed E-state index contributed by atoms with van der Waals surface area (Å²) in [5, 5.41) is 8.77. The zero-order valence-electron chi connectivity index (χ0n) is 9.21. The highest BCUT2D eigenvalue weighted by molar-refractivity contribution is 5.91. The molecular weight excluding hydrogens is 224 g/mol. The predicted molar refractivity (Wildman–Crippen MR) is 61.3 cm³/mol. The number of nitrogens with zero attached hydrogens (tertiary/aromatic N) is 1. The quantitative estimate of drug-likeness (QED) is 0.595. The average Bonchev–Trinajstić information content (AvgIpc) is 2.28. The molecule has 1 aromatic rings. The summed E-state index contributed by atoms with van der Waals surface area (Å²) in [6.07, 6.45) is 3.69. The fraction of sp³-hybridized carbons (Fsp3) is 0.182. The minimum Gasteiger partial charge on any atom is -0.478 e. The first kappa shape index (κ1) is 12.7. The number of rotatable bonds is 4. The molecule has 0 bridgehead atoms. The van der Waals surface area contributed by atoms with Crippen LogP contribution in [0.25, 0.3) is 6.08 Å². The number of nitrogens with two attached hydrogens (primary N) is 1. The van der Waals surface area contributed by atoms with Crippen LogP contribution in [0.4, 0.5) is 5.82 Å². The van der Waals surface area contributed by atoms with Gasteiger partial charge in [0.05, 0.1) is 12.2 Å². The SMILES string of the molecule is CCOC(=O)C=Cc1cc(C(=O)O)cnc1N. The Morgan fingerprint density at radius 3 is 2.88 bits per heavy atom. The fourth-order valence-corrected chi connectivity index (χ4v) is 1.09. The van der Waals surface area contributed by atoms with Crippen LogP contribution in [0.15, 0.2) is 18.3 Å². The Hall–Kier alpha value is -2.37. The molecule has 0 aromatic carbocycles. The van der Waals surface area contributed by atoms with Crippen LogP contribution in [-0.2, 0) is 9.53 Å². The zero-order chi connectivity index (χ0) is 12.8. The molecule has 0 atom stereocenters. The van der Waals surface area contributed by atoms with E-state index in [1.165, 1.54) is 18.2 Å². The van der Waals surface area contributed by atoms with Crippen LogP contribution in [0, 0.1) is 0 Å². The molecule has 90 valence electrons. The minimum absolute atomic E-state index is 0.00251. The van der Waals surface area contributed by atoms with Gasteiger partial charge in [0.2, 0.25) is 0 Å². The highest BCUT2D eigenvalue weighted by atomic mass is 16.5. The van der Waals surface area contributed by atoms with Gasteiger partial charge < -0.3 is 15.6 Å². The topological polar surface area (TPSA) is 103 Å². The Morgan fingerprint density at radius 1 is 1.59 bits per heavy atom. The van der Waals surface area contributed by atoms with E-state index in [0.717, 1.165) is 6.20 Å². The first-order valence-electron chi connectivity index (χ1n) is 4.88. The van der Waals surface area contributed by atoms with Crippen molar-refractivity contribution in [3.63, 3.8) is 0 Å². The number of pyridine rings is 1. The molecule has 0 aliphatic carbocycles. The first-order chi connectivity index (χ1) is 8.04. The number of hydrogen-bond acceptors (Lipinski definition) is 5. The maximum Gasteiger partial charge on any atom is 0.337 e. The zero-order valence-corrected chi connectivity index (χ0v) is 9.21. The van der Waals surface area contributed by atoms with Crippen molar-refractivity contribution >= 4 is 23.8 Å². The van der Waals surface area contributed by atoms with Crippen molar-refractivity contribution < 1.29 is 19.4 Å². The van der Waals surface area contributed by atoms with E-state index in [9.17, 15) is 9.59 Å². The second-order valence-corrected chi connectivity index (χ2v) is 3.09. The molecule has 0 aliphatic heterocycles. The van der Waals surface area contributed by atoms with Gasteiger partial charge in [-0.3, -0.25) is 0 Å². The third-order valence-corrected chi connectivity index (χ3v) is 1.88. The number of carbonyl (C=O) groups excluding carboxylic acids is 1. The molecule has 0 saturated carbocycles. The smallest absolute Gasteiger partial charge is 0.337 e. The molecule has 0 radical (unpaired) electrons. The molecule has 1 rings (SSSR count). The molecule has 0 unspecified atom stereocenters. The van der Waals surface area contributed by atoms with Crippen molar-refractivity contribution in [2.24, 2.45) is 0 Å². The van der Waals surface area contributed by atoms with Crippen molar-refractivity contribution in [3.8, 4) is 0 Å². The fourth-order valence-electron chi connectivity index (χ4n) is 1.09. The van der Waals surface area contributed by atoms with Crippen LogP contribution in [0.5, 0.6) is 0 Å². The molecule has 3 N–H and O–H groups in total. The van der Waals surface area contributed by atoms with Gasteiger partial charge in [0.25, 0.3) is 0 Å². The molecule has 17 heavy (non-hydrogen) atoms. The summed E-state index contributed by atoms with van der Waals surface area (Å²) in [5.41, 5.74) is 5.90. The van der Waals surface area contributed by atoms with Gasteiger partial charge in [-0.15, -0.1) is 0 Å². The van der Waals surface area contributed by atoms with Crippen molar-refractivity contribution in [3.05, 3.63) is 29.5 Å². The summed E-state index contributed by atoms with van der Waals surface area (Å²) in [6.45, 7) is 1.96. The molecule has 6 heteroatoms. The van der Waals surface area contributed by atoms with Gasteiger partial charge in [-0.05, 0) is 19.1 Å². The second kappa shape index (κ2) is 5.64. The maximum absolute atomic E-state index is 11.1. The van der Waals surface area contributed by atoms with Gasteiger partial charge in [-0.1, -0.05) is 0 Å². The third kappa shape index (κ3) is 3.60. The van der Waals surface area contributed by atoms with E-state index >= 15 is 0 Å². The monoisotopic (exact) mass is 236 g/mol. The van der Waals surface area contributed by atoms with Gasteiger partial charge in [0, 0.05) is 17.8 Å². The first-order valence-corrected chi connectivity index (χ1v) is 4.88. The second-order valence-electron chi connectivity index (χ2n) is 3.09. The number of carboxylic acid groups (broad SMARTS) is 1. The molecular formula is C11H12N2O4. The molecule has 0 amide bonds. The van der Waals surface area contributed by atoms with E-state index in [0.29, 0.717) is 5.56 Å². The van der Waals surface area contributed by atoms with Crippen LogP contribution < -0.4 is 5.73 Å². The van der Waals surface area contributed by atoms with E-state index in [2.05, 4.69) is 9.72 Å². The predicted octanol–water partition coefficient (Wildman–Crippen LogP) is 0.938. The van der Waals surface area contributed by atoms with Gasteiger partial charge in [0.1, 0.15) is 5.82 Å². The number of nitrogen functional groups attached to an aromatic ring is 1. The summed E-state index contributed by atoms with van der Waals surface area (Å²) >= 11 is 0. The van der Waals surface area contributed by atoms with Crippen LogP contribution in [0.1, 0.15) is 22.8 Å². The number of hydrogen-bond donors (Lipinski definition) is 2. The van der Waals surface area contributed by atoms with Crippen LogP contribution in [0.2, 0.25) is 0 Å². The Labute approximate surface area is 97.7 Å². The van der Waals surface area contributed by atoms with E-state index < -0.39 is 11.9 Å². The average molecular weight is 236 g/mol. The van der Waals surface area contributed by atoms with Gasteiger partial charge in [-0.25, -0.2) is 14.6 Å². The van der Waals surface area contributed by atoms with Gasteiger partial charge in [-0.2, -0.15) is 0 Å². The maximum atomic E-state index is 11.1. The lowest BCUT2D eigenvalue weighted by Crippen LogP contribution is -2.02. The Morgan fingerprint density at radius 2 is 2.29 bits per heavy atom. The number of carbonyl (C=O) groups is 2. The van der Waals surface area contributed by atoms with Crippen molar-refractivity contribution in [1.82, 2.24) is 4.98 Å². The van der Waals surface area contributed by atoms with Gasteiger partial charge >= 0.3 is 11.9 Å². The number of aromatic nitrogens is 1. The lowest BCUT2D eigenvalue weighted by atomic mass is 10.2. The molecule has 1 heterocycles. The van der Waals surface area contributed by atoms with Crippen LogP contribution in [-0.4, -0.2) is 28.6 Å². The molecule has 1 aromatic heterocycles. The lowest BCUT2D eigenvalue weighted by Gasteiger charge is -2.01. The van der Waals surface area contributed by atoms with Crippen molar-refractivity contribution in [2.45, 2.75) is 6.92 Å². The third-order valence-electron chi connectivity index (χ3n) is 1.88. The Bertz CT molecular complexity index is 469. The summed E-state index contributed by atoms with van der Waals surface area (Å²) in [7, 11) is 0. The van der Waals surface area contributed by atoms with Gasteiger partial charge in [0.15, 0.2) is 0 Å². The molecule has 0 spiro atoms. The van der Waals surface area contributed by atoms with Crippen molar-refractivity contribution in [1.29, 1.82) is 0 Å². The number of carboxylic acids is 1.